The van der Waals surface area contributed by atoms with Gasteiger partial charge in [0.15, 0.2) is 0 Å². The maximum atomic E-state index is 13.9. The molecule has 3 aromatic carbocycles. The Morgan fingerprint density at radius 3 is 2.56 bits per heavy atom. The second-order valence-electron chi connectivity index (χ2n) is 7.15. The van der Waals surface area contributed by atoms with Gasteiger partial charge in [0.1, 0.15) is 5.82 Å². The number of aromatic nitrogens is 2. The van der Waals surface area contributed by atoms with Crippen LogP contribution in [0.4, 0.5) is 18.9 Å². The van der Waals surface area contributed by atoms with Gasteiger partial charge in [-0.1, -0.05) is 35.9 Å². The quantitative estimate of drug-likeness (QED) is 0.362. The fraction of sp³-hybridized carbons (Fsp3) is 0.0870. The van der Waals surface area contributed by atoms with E-state index in [1.807, 2.05) is 0 Å². The van der Waals surface area contributed by atoms with E-state index in [1.165, 1.54) is 18.2 Å². The molecule has 4 aromatic rings. The lowest BCUT2D eigenvalue weighted by Crippen LogP contribution is -2.23. The van der Waals surface area contributed by atoms with Crippen LogP contribution in [0.2, 0.25) is 5.02 Å². The molecule has 0 fully saturated rings. The molecule has 0 unspecified atom stereocenters. The van der Waals surface area contributed by atoms with Crippen molar-refractivity contribution in [2.24, 2.45) is 0 Å². The first-order valence-electron chi connectivity index (χ1n) is 9.53. The molecule has 5 nitrogen and oxygen atoms in total. The van der Waals surface area contributed by atoms with Crippen molar-refractivity contribution in [1.82, 2.24) is 10.2 Å². The monoisotopic (exact) mass is 455 g/mol. The van der Waals surface area contributed by atoms with Gasteiger partial charge >= 0.3 is 6.43 Å². The number of hydrogen-bond acceptors (Lipinski definition) is 4. The topological polar surface area (TPSA) is 59.2 Å². The summed E-state index contributed by atoms with van der Waals surface area (Å²) < 4.78 is 44.4. The molecule has 1 aromatic heterocycles. The molecule has 0 saturated heterocycles. The van der Waals surface area contributed by atoms with Gasteiger partial charge in [0.2, 0.25) is 5.89 Å². The van der Waals surface area contributed by atoms with E-state index in [0.29, 0.717) is 33.0 Å². The summed E-state index contributed by atoms with van der Waals surface area (Å²) >= 11 is 6.44. The third-order valence-electron chi connectivity index (χ3n) is 5.18. The second kappa shape index (κ2) is 7.80. The van der Waals surface area contributed by atoms with E-state index >= 15 is 0 Å². The highest BCUT2D eigenvalue weighted by molar-refractivity contribution is 6.34. The fourth-order valence-corrected chi connectivity index (χ4v) is 4.01. The Bertz CT molecular complexity index is 1360. The zero-order valence-electron chi connectivity index (χ0n) is 16.2. The minimum Gasteiger partial charge on any atom is -0.415 e. The Hall–Kier alpha value is -3.65. The van der Waals surface area contributed by atoms with Crippen molar-refractivity contribution in [2.45, 2.75) is 13.0 Å². The maximum absolute atomic E-state index is 13.9. The number of nitrogens with zero attached hydrogens (tertiary/aromatic N) is 3. The number of hydrogen-bond donors (Lipinski definition) is 0. The number of anilines is 1. The van der Waals surface area contributed by atoms with Gasteiger partial charge in [-0.15, -0.1) is 10.2 Å². The van der Waals surface area contributed by atoms with Crippen LogP contribution in [0.3, 0.4) is 0 Å². The standard InChI is InChI=1S/C23H13ClF3N3O2/c24-17-5-2-6-18(19(17)12-3-1-4-15(25)9-12)30-11-14-8-7-13(10-16(14)23(30)31)21-28-29-22(32-21)20(26)27/h1-10,20H,11H2. The van der Waals surface area contributed by atoms with Crippen molar-refractivity contribution in [3.05, 3.63) is 88.5 Å². The molecule has 1 aliphatic rings. The number of alkyl halides is 2. The van der Waals surface area contributed by atoms with Crippen molar-refractivity contribution < 1.29 is 22.4 Å². The zero-order valence-corrected chi connectivity index (χ0v) is 17.0. The number of fused-ring (bicyclic) bond motifs is 1. The minimum atomic E-state index is -2.88. The Balaban J connectivity index is 1.54. The molecule has 160 valence electrons. The number of carbonyl (C=O) groups excluding carboxylic acids is 1. The molecule has 32 heavy (non-hydrogen) atoms. The third-order valence-corrected chi connectivity index (χ3v) is 5.50. The van der Waals surface area contributed by atoms with Gasteiger partial charge in [-0.2, -0.15) is 8.78 Å². The molecule has 0 bridgehead atoms. The number of benzene rings is 3. The van der Waals surface area contributed by atoms with Crippen LogP contribution in [0.15, 0.2) is 65.1 Å². The minimum absolute atomic E-state index is 0.0995. The number of amides is 1. The van der Waals surface area contributed by atoms with Crippen LogP contribution in [0.25, 0.3) is 22.6 Å². The van der Waals surface area contributed by atoms with Crippen molar-refractivity contribution in [3.63, 3.8) is 0 Å². The average Bonchev–Trinajstić information content (AvgIpc) is 3.39. The van der Waals surface area contributed by atoms with E-state index in [4.69, 9.17) is 16.0 Å². The van der Waals surface area contributed by atoms with Gasteiger partial charge in [-0.3, -0.25) is 4.79 Å². The lowest BCUT2D eigenvalue weighted by atomic mass is 10.0. The lowest BCUT2D eigenvalue weighted by Gasteiger charge is -2.21. The van der Waals surface area contributed by atoms with Crippen molar-refractivity contribution in [1.29, 1.82) is 0 Å². The Labute approximate surface area is 185 Å². The van der Waals surface area contributed by atoms with Gasteiger partial charge in [0.25, 0.3) is 11.8 Å². The van der Waals surface area contributed by atoms with E-state index < -0.39 is 18.1 Å². The molecule has 9 heteroatoms. The van der Waals surface area contributed by atoms with Gasteiger partial charge in [-0.25, -0.2) is 4.39 Å². The number of rotatable bonds is 4. The lowest BCUT2D eigenvalue weighted by molar-refractivity contribution is 0.0996. The summed E-state index contributed by atoms with van der Waals surface area (Å²) in [5.41, 5.74) is 3.08. The van der Waals surface area contributed by atoms with Crippen molar-refractivity contribution in [2.75, 3.05) is 4.90 Å². The van der Waals surface area contributed by atoms with Crippen LogP contribution < -0.4 is 4.90 Å². The molecule has 0 aliphatic carbocycles. The normalized spacial score (nSPS) is 13.2. The smallest absolute Gasteiger partial charge is 0.314 e. The predicted molar refractivity (Wildman–Crippen MR) is 112 cm³/mol. The summed E-state index contributed by atoms with van der Waals surface area (Å²) in [5.74, 6) is -1.61. The molecule has 0 atom stereocenters. The first-order valence-corrected chi connectivity index (χ1v) is 9.91. The molecular formula is C23H13ClF3N3O2. The summed E-state index contributed by atoms with van der Waals surface area (Å²) in [7, 11) is 0. The van der Waals surface area contributed by atoms with Crippen LogP contribution in [-0.2, 0) is 6.54 Å². The zero-order chi connectivity index (χ0) is 22.4. The van der Waals surface area contributed by atoms with E-state index in [2.05, 4.69) is 10.2 Å². The molecule has 1 amide bonds. The van der Waals surface area contributed by atoms with E-state index in [1.54, 1.807) is 47.4 Å². The highest BCUT2D eigenvalue weighted by atomic mass is 35.5. The van der Waals surface area contributed by atoms with Gasteiger partial charge in [-0.05, 0) is 47.5 Å². The molecule has 5 rings (SSSR count). The highest BCUT2D eigenvalue weighted by Gasteiger charge is 2.31. The van der Waals surface area contributed by atoms with Gasteiger partial charge < -0.3 is 9.32 Å². The molecule has 0 radical (unpaired) electrons. The fourth-order valence-electron chi connectivity index (χ4n) is 3.74. The van der Waals surface area contributed by atoms with Crippen molar-refractivity contribution >= 4 is 23.2 Å². The predicted octanol–water partition coefficient (Wildman–Crippen LogP) is 6.29. The summed E-state index contributed by atoms with van der Waals surface area (Å²) in [4.78, 5) is 14.8. The number of carbonyl (C=O) groups is 1. The van der Waals surface area contributed by atoms with E-state index in [0.717, 1.165) is 5.56 Å². The second-order valence-corrected chi connectivity index (χ2v) is 7.56. The molecule has 0 spiro atoms. The van der Waals surface area contributed by atoms with E-state index in [-0.39, 0.29) is 18.3 Å². The molecule has 2 heterocycles. The molecule has 0 N–H and O–H groups in total. The van der Waals surface area contributed by atoms with Gasteiger partial charge in [0.05, 0.1) is 17.3 Å². The Morgan fingerprint density at radius 2 is 1.81 bits per heavy atom. The van der Waals surface area contributed by atoms with Crippen LogP contribution in [0.5, 0.6) is 0 Å². The van der Waals surface area contributed by atoms with Gasteiger partial charge in [0, 0.05) is 16.7 Å². The van der Waals surface area contributed by atoms with Crippen LogP contribution in [0.1, 0.15) is 28.2 Å². The highest BCUT2D eigenvalue weighted by Crippen LogP contribution is 2.41. The first-order chi connectivity index (χ1) is 15.4. The third kappa shape index (κ3) is 3.42. The van der Waals surface area contributed by atoms with E-state index in [9.17, 15) is 18.0 Å². The molecule has 1 aliphatic heterocycles. The number of halogens is 4. The first kappa shape index (κ1) is 20.3. The largest absolute Gasteiger partial charge is 0.415 e. The Kier molecular flexibility index (Phi) is 4.94. The summed E-state index contributed by atoms with van der Waals surface area (Å²) in [6.07, 6.45) is -2.88. The summed E-state index contributed by atoms with van der Waals surface area (Å²) in [6, 6.07) is 16.0. The van der Waals surface area contributed by atoms with Crippen LogP contribution in [-0.4, -0.2) is 16.1 Å². The SMILES string of the molecule is O=C1c2cc(-c3nnc(C(F)F)o3)ccc2CN1c1cccc(Cl)c1-c1cccc(F)c1. The molecular weight excluding hydrogens is 443 g/mol. The Morgan fingerprint density at radius 1 is 1.00 bits per heavy atom. The van der Waals surface area contributed by atoms with Crippen molar-refractivity contribution in [3.8, 4) is 22.6 Å². The average molecular weight is 456 g/mol. The van der Waals surface area contributed by atoms with Crippen LogP contribution >= 0.6 is 11.6 Å². The summed E-state index contributed by atoms with van der Waals surface area (Å²) in [5, 5.41) is 7.33. The summed E-state index contributed by atoms with van der Waals surface area (Å²) in [6.45, 7) is 0.267. The molecule has 0 saturated carbocycles. The van der Waals surface area contributed by atoms with Crippen LogP contribution in [0, 0.1) is 5.82 Å². The maximum Gasteiger partial charge on any atom is 0.314 e.